The average Bonchev–Trinajstić information content (AvgIpc) is 3.15. The number of Topliss-reactive ketones (excluding diaryl/α,β-unsaturated/α-hetero) is 1. The van der Waals surface area contributed by atoms with Gasteiger partial charge in [0.1, 0.15) is 18.7 Å². The Labute approximate surface area is 166 Å². The number of sulfone groups is 1. The summed E-state index contributed by atoms with van der Waals surface area (Å²) in [5.41, 5.74) is -1.51. The molecule has 0 bridgehead atoms. The van der Waals surface area contributed by atoms with E-state index in [0.29, 0.717) is 11.3 Å². The standard InChI is InChI=1S/C17H19ClN2O7S/c1-16(2,10-26-15(22)28(3,24)25)14(21)17(23,20-9-8-19-11-20)27-13-6-4-12(18)5-7-13/h4-9,11,23H,10H2,1-3H3. The molecule has 2 rings (SSSR count). The highest BCUT2D eigenvalue weighted by Crippen LogP contribution is 2.31. The lowest BCUT2D eigenvalue weighted by Gasteiger charge is -2.34. The predicted octanol–water partition coefficient (Wildman–Crippen LogP) is 1.99. The first-order valence-corrected chi connectivity index (χ1v) is 10.2. The van der Waals surface area contributed by atoms with Crippen LogP contribution in [0.25, 0.3) is 0 Å². The molecule has 1 aromatic heterocycles. The molecule has 1 aromatic carbocycles. The Bertz CT molecular complexity index is 956. The van der Waals surface area contributed by atoms with Crippen LogP contribution in [0, 0.1) is 5.41 Å². The Morgan fingerprint density at radius 2 is 1.86 bits per heavy atom. The number of carbonyl (C=O) groups is 2. The lowest BCUT2D eigenvalue weighted by molar-refractivity contribution is -0.217. The second-order valence-electron chi connectivity index (χ2n) is 6.66. The van der Waals surface area contributed by atoms with Crippen molar-refractivity contribution >= 4 is 32.5 Å². The number of carbonyl (C=O) groups excluding carboxylic acids is 2. The first-order valence-electron chi connectivity index (χ1n) is 7.93. The maximum absolute atomic E-state index is 13.1. The van der Waals surface area contributed by atoms with E-state index in [2.05, 4.69) is 4.98 Å². The number of nitrogens with zero attached hydrogens (tertiary/aromatic N) is 2. The van der Waals surface area contributed by atoms with E-state index in [9.17, 15) is 23.1 Å². The lowest BCUT2D eigenvalue weighted by atomic mass is 9.86. The molecule has 0 fully saturated rings. The van der Waals surface area contributed by atoms with Gasteiger partial charge in [-0.2, -0.15) is 0 Å². The Morgan fingerprint density at radius 1 is 1.25 bits per heavy atom. The SMILES string of the molecule is CC(C)(COC(=O)S(C)(=O)=O)C(=O)C(O)(Oc1ccc(Cl)cc1)n1ccnc1. The van der Waals surface area contributed by atoms with Crippen LogP contribution in [0.1, 0.15) is 13.8 Å². The summed E-state index contributed by atoms with van der Waals surface area (Å²) < 4.78 is 33.7. The van der Waals surface area contributed by atoms with Gasteiger partial charge in [-0.25, -0.2) is 18.2 Å². The molecular formula is C17H19ClN2O7S. The molecule has 0 saturated carbocycles. The number of benzene rings is 1. The van der Waals surface area contributed by atoms with Gasteiger partial charge in [0.05, 0.1) is 11.7 Å². The van der Waals surface area contributed by atoms with Gasteiger partial charge in [-0.1, -0.05) is 11.6 Å². The van der Waals surface area contributed by atoms with Crippen molar-refractivity contribution in [2.24, 2.45) is 5.41 Å². The lowest BCUT2D eigenvalue weighted by Crippen LogP contribution is -2.53. The highest BCUT2D eigenvalue weighted by atomic mass is 35.5. The average molecular weight is 431 g/mol. The molecule has 0 saturated heterocycles. The van der Waals surface area contributed by atoms with E-state index in [0.717, 1.165) is 4.57 Å². The van der Waals surface area contributed by atoms with E-state index in [1.165, 1.54) is 56.8 Å². The highest BCUT2D eigenvalue weighted by Gasteiger charge is 2.49. The molecule has 11 heteroatoms. The first kappa shape index (κ1) is 21.9. The fraction of sp³-hybridized carbons (Fsp3) is 0.353. The zero-order valence-electron chi connectivity index (χ0n) is 15.3. The van der Waals surface area contributed by atoms with Crippen molar-refractivity contribution in [3.8, 4) is 5.75 Å². The number of hydrogen-bond acceptors (Lipinski definition) is 8. The van der Waals surface area contributed by atoms with Gasteiger partial charge in [0.15, 0.2) is 0 Å². The monoisotopic (exact) mass is 430 g/mol. The van der Waals surface area contributed by atoms with Gasteiger partial charge >= 0.3 is 11.2 Å². The van der Waals surface area contributed by atoms with Crippen LogP contribution in [0.3, 0.4) is 0 Å². The van der Waals surface area contributed by atoms with Crippen molar-refractivity contribution in [1.29, 1.82) is 0 Å². The second-order valence-corrected chi connectivity index (χ2v) is 8.97. The molecule has 28 heavy (non-hydrogen) atoms. The van der Waals surface area contributed by atoms with Crippen LogP contribution >= 0.6 is 11.6 Å². The summed E-state index contributed by atoms with van der Waals surface area (Å²) >= 11 is 5.83. The molecule has 0 spiro atoms. The molecule has 0 aliphatic carbocycles. The van der Waals surface area contributed by atoms with E-state index >= 15 is 0 Å². The Kier molecular flexibility index (Phi) is 6.17. The van der Waals surface area contributed by atoms with Crippen molar-refractivity contribution < 1.29 is 32.6 Å². The minimum absolute atomic E-state index is 0.137. The largest absolute Gasteiger partial charge is 0.453 e. The van der Waals surface area contributed by atoms with Gasteiger partial charge in [0.2, 0.25) is 15.6 Å². The van der Waals surface area contributed by atoms with Crippen LogP contribution in [0.4, 0.5) is 4.79 Å². The van der Waals surface area contributed by atoms with Gasteiger partial charge in [0, 0.05) is 17.4 Å². The first-order chi connectivity index (χ1) is 12.9. The molecule has 0 aliphatic heterocycles. The fourth-order valence-corrected chi connectivity index (χ4v) is 2.57. The van der Waals surface area contributed by atoms with Crippen molar-refractivity contribution in [3.05, 3.63) is 48.0 Å². The summed E-state index contributed by atoms with van der Waals surface area (Å²) in [7, 11) is -4.08. The van der Waals surface area contributed by atoms with Crippen LogP contribution < -0.4 is 4.74 Å². The van der Waals surface area contributed by atoms with Crippen LogP contribution in [0.5, 0.6) is 5.75 Å². The summed E-state index contributed by atoms with van der Waals surface area (Å²) in [5, 5.41) is 10.0. The van der Waals surface area contributed by atoms with E-state index in [1.807, 2.05) is 0 Å². The number of ether oxygens (including phenoxy) is 2. The minimum Gasteiger partial charge on any atom is -0.453 e. The molecule has 152 valence electrons. The Morgan fingerprint density at radius 3 is 2.36 bits per heavy atom. The molecule has 1 N–H and O–H groups in total. The molecule has 0 amide bonds. The number of hydrogen-bond donors (Lipinski definition) is 1. The Hall–Kier alpha value is -2.43. The van der Waals surface area contributed by atoms with Gasteiger partial charge < -0.3 is 14.6 Å². The van der Waals surface area contributed by atoms with E-state index in [-0.39, 0.29) is 5.75 Å². The molecule has 0 aliphatic rings. The predicted molar refractivity (Wildman–Crippen MR) is 99.5 cm³/mol. The van der Waals surface area contributed by atoms with Gasteiger partial charge in [-0.15, -0.1) is 0 Å². The summed E-state index contributed by atoms with van der Waals surface area (Å²) in [5.74, 6) is -3.29. The number of imidazole rings is 1. The zero-order chi connectivity index (χ0) is 21.2. The third-order valence-corrected chi connectivity index (χ3v) is 4.67. The highest BCUT2D eigenvalue weighted by molar-refractivity contribution is 8.05. The third kappa shape index (κ3) is 4.89. The minimum atomic E-state index is -4.08. The van der Waals surface area contributed by atoms with Crippen molar-refractivity contribution in [1.82, 2.24) is 9.55 Å². The smallest absolute Gasteiger partial charge is 0.424 e. The van der Waals surface area contributed by atoms with Crippen LogP contribution in [-0.2, 0) is 25.3 Å². The van der Waals surface area contributed by atoms with Crippen molar-refractivity contribution in [3.63, 3.8) is 0 Å². The summed E-state index contributed by atoms with van der Waals surface area (Å²) in [6.07, 6.45) is 4.51. The maximum atomic E-state index is 13.1. The fourth-order valence-electron chi connectivity index (χ4n) is 2.17. The van der Waals surface area contributed by atoms with Gasteiger partial charge in [0.25, 0.3) is 0 Å². The van der Waals surface area contributed by atoms with Crippen LogP contribution in [0.15, 0.2) is 43.0 Å². The molecular weight excluding hydrogens is 412 g/mol. The molecule has 1 heterocycles. The van der Waals surface area contributed by atoms with E-state index in [4.69, 9.17) is 21.1 Å². The molecule has 2 aromatic rings. The molecule has 9 nitrogen and oxygen atoms in total. The maximum Gasteiger partial charge on any atom is 0.424 e. The van der Waals surface area contributed by atoms with Crippen molar-refractivity contribution in [2.75, 3.05) is 12.9 Å². The number of aliphatic hydroxyl groups is 1. The molecule has 0 radical (unpaired) electrons. The number of halogens is 1. The summed E-state index contributed by atoms with van der Waals surface area (Å²) in [6.45, 7) is 2.15. The summed E-state index contributed by atoms with van der Waals surface area (Å²) in [4.78, 5) is 28.4. The number of ketones is 1. The van der Waals surface area contributed by atoms with Crippen LogP contribution in [0.2, 0.25) is 5.02 Å². The quantitative estimate of drug-likeness (QED) is 0.522. The molecule has 1 unspecified atom stereocenters. The topological polar surface area (TPSA) is 125 Å². The van der Waals surface area contributed by atoms with E-state index in [1.54, 1.807) is 0 Å². The summed E-state index contributed by atoms with van der Waals surface area (Å²) in [6, 6.07) is 5.92. The zero-order valence-corrected chi connectivity index (χ0v) is 16.9. The van der Waals surface area contributed by atoms with Crippen LogP contribution in [-0.4, -0.2) is 47.0 Å². The van der Waals surface area contributed by atoms with Crippen molar-refractivity contribution in [2.45, 2.75) is 19.8 Å². The van der Waals surface area contributed by atoms with E-state index < -0.39 is 38.9 Å². The number of rotatable bonds is 7. The molecule has 1 atom stereocenters. The Balaban J connectivity index is 2.33. The van der Waals surface area contributed by atoms with Gasteiger partial charge in [-0.05, 0) is 38.1 Å². The third-order valence-electron chi connectivity index (χ3n) is 3.69. The normalized spacial score (nSPS) is 14.2. The second kappa shape index (κ2) is 7.90. The van der Waals surface area contributed by atoms with Gasteiger partial charge in [-0.3, -0.25) is 9.36 Å². The number of aromatic nitrogens is 2.